The van der Waals surface area contributed by atoms with Crippen LogP contribution in [0.1, 0.15) is 24.0 Å². The molecule has 2 aromatic rings. The van der Waals surface area contributed by atoms with Crippen LogP contribution in [0.3, 0.4) is 0 Å². The minimum Gasteiger partial charge on any atom is -0.370 e. The summed E-state index contributed by atoms with van der Waals surface area (Å²) in [5.74, 6) is 1.48. The lowest BCUT2D eigenvalue weighted by atomic mass is 10.1. The van der Waals surface area contributed by atoms with Gasteiger partial charge in [0.15, 0.2) is 0 Å². The minimum absolute atomic E-state index is 0.622. The molecule has 124 valence electrons. The van der Waals surface area contributed by atoms with Crippen molar-refractivity contribution in [1.82, 2.24) is 14.9 Å². The van der Waals surface area contributed by atoms with E-state index in [-0.39, 0.29) is 0 Å². The van der Waals surface area contributed by atoms with Crippen LogP contribution in [0.25, 0.3) is 0 Å². The number of rotatable bonds is 8. The molecule has 0 aliphatic rings. The fourth-order valence-electron chi connectivity index (χ4n) is 2.29. The molecular formula is C18H27N5. The standard InChI is InChI=1S/C18H27N5/c1-14-8-7-9-16(15(14)2)21-18-20-12-10-17(22-18)19-11-5-6-13-23(3)4/h7-10,12H,5-6,11,13H2,1-4H3,(H2,19,20,21,22). The Morgan fingerprint density at radius 1 is 1.09 bits per heavy atom. The molecule has 1 aromatic heterocycles. The number of benzene rings is 1. The van der Waals surface area contributed by atoms with Crippen LogP contribution >= 0.6 is 0 Å². The third-order valence-corrected chi connectivity index (χ3v) is 3.84. The highest BCUT2D eigenvalue weighted by atomic mass is 15.1. The normalized spacial score (nSPS) is 10.8. The number of nitrogens with one attached hydrogen (secondary N) is 2. The summed E-state index contributed by atoms with van der Waals surface area (Å²) in [6, 6.07) is 8.10. The van der Waals surface area contributed by atoms with Crippen molar-refractivity contribution in [2.45, 2.75) is 26.7 Å². The zero-order valence-corrected chi connectivity index (χ0v) is 14.6. The van der Waals surface area contributed by atoms with E-state index in [1.165, 1.54) is 17.5 Å². The maximum absolute atomic E-state index is 4.53. The molecule has 1 aromatic carbocycles. The van der Waals surface area contributed by atoms with Crippen LogP contribution in [0.5, 0.6) is 0 Å². The number of nitrogens with zero attached hydrogens (tertiary/aromatic N) is 3. The molecule has 5 heteroatoms. The van der Waals surface area contributed by atoms with Crippen LogP contribution in [0, 0.1) is 13.8 Å². The van der Waals surface area contributed by atoms with Crippen molar-refractivity contribution in [3.63, 3.8) is 0 Å². The highest BCUT2D eigenvalue weighted by molar-refractivity contribution is 5.60. The third-order valence-electron chi connectivity index (χ3n) is 3.84. The smallest absolute Gasteiger partial charge is 0.229 e. The number of hydrogen-bond donors (Lipinski definition) is 2. The van der Waals surface area contributed by atoms with Gasteiger partial charge in [0.2, 0.25) is 5.95 Å². The molecular weight excluding hydrogens is 286 g/mol. The summed E-state index contributed by atoms with van der Waals surface area (Å²) in [6.07, 6.45) is 4.09. The molecule has 5 nitrogen and oxygen atoms in total. The molecule has 0 spiro atoms. The number of aryl methyl sites for hydroxylation is 1. The quantitative estimate of drug-likeness (QED) is 0.729. The highest BCUT2D eigenvalue weighted by Crippen LogP contribution is 2.21. The number of anilines is 3. The summed E-state index contributed by atoms with van der Waals surface area (Å²) < 4.78 is 0. The first kappa shape index (κ1) is 17.2. The SMILES string of the molecule is Cc1cccc(Nc2nccc(NCCCCN(C)C)n2)c1C. The van der Waals surface area contributed by atoms with E-state index in [0.29, 0.717) is 5.95 Å². The maximum Gasteiger partial charge on any atom is 0.229 e. The van der Waals surface area contributed by atoms with Crippen molar-refractivity contribution in [2.24, 2.45) is 0 Å². The first-order chi connectivity index (χ1) is 11.1. The van der Waals surface area contributed by atoms with Gasteiger partial charge in [-0.2, -0.15) is 4.98 Å². The van der Waals surface area contributed by atoms with Gasteiger partial charge in [-0.1, -0.05) is 12.1 Å². The Labute approximate surface area is 139 Å². The highest BCUT2D eigenvalue weighted by Gasteiger charge is 2.04. The van der Waals surface area contributed by atoms with Gasteiger partial charge in [-0.15, -0.1) is 0 Å². The topological polar surface area (TPSA) is 53.1 Å². The second-order valence-electron chi connectivity index (χ2n) is 6.08. The van der Waals surface area contributed by atoms with Crippen molar-refractivity contribution < 1.29 is 0 Å². The summed E-state index contributed by atoms with van der Waals surface area (Å²) in [4.78, 5) is 11.0. The summed E-state index contributed by atoms with van der Waals surface area (Å²) >= 11 is 0. The van der Waals surface area contributed by atoms with E-state index in [2.05, 4.69) is 59.5 Å². The van der Waals surface area contributed by atoms with Crippen LogP contribution < -0.4 is 10.6 Å². The number of hydrogen-bond acceptors (Lipinski definition) is 5. The van der Waals surface area contributed by atoms with E-state index in [0.717, 1.165) is 31.0 Å². The van der Waals surface area contributed by atoms with Crippen molar-refractivity contribution in [1.29, 1.82) is 0 Å². The molecule has 0 fully saturated rings. The Hall–Kier alpha value is -2.14. The lowest BCUT2D eigenvalue weighted by molar-refractivity contribution is 0.396. The lowest BCUT2D eigenvalue weighted by Gasteiger charge is -2.12. The monoisotopic (exact) mass is 313 g/mol. The zero-order valence-electron chi connectivity index (χ0n) is 14.6. The van der Waals surface area contributed by atoms with E-state index in [1.807, 2.05) is 18.2 Å². The van der Waals surface area contributed by atoms with Crippen LogP contribution in [-0.2, 0) is 0 Å². The van der Waals surface area contributed by atoms with E-state index in [9.17, 15) is 0 Å². The molecule has 1 heterocycles. The first-order valence-electron chi connectivity index (χ1n) is 8.11. The van der Waals surface area contributed by atoms with Crippen molar-refractivity contribution >= 4 is 17.5 Å². The van der Waals surface area contributed by atoms with E-state index in [1.54, 1.807) is 6.20 Å². The molecule has 0 amide bonds. The zero-order chi connectivity index (χ0) is 16.7. The van der Waals surface area contributed by atoms with E-state index in [4.69, 9.17) is 0 Å². The predicted octanol–water partition coefficient (Wildman–Crippen LogP) is 3.59. The Morgan fingerprint density at radius 3 is 2.70 bits per heavy atom. The van der Waals surface area contributed by atoms with E-state index < -0.39 is 0 Å². The van der Waals surface area contributed by atoms with Gasteiger partial charge in [-0.25, -0.2) is 4.98 Å². The van der Waals surface area contributed by atoms with Crippen molar-refractivity contribution in [3.05, 3.63) is 41.6 Å². The average Bonchev–Trinajstić information content (AvgIpc) is 2.52. The Kier molecular flexibility index (Phi) is 6.35. The third kappa shape index (κ3) is 5.53. The molecule has 0 saturated carbocycles. The minimum atomic E-state index is 0.622. The maximum atomic E-state index is 4.53. The van der Waals surface area contributed by atoms with Crippen LogP contribution in [0.2, 0.25) is 0 Å². The molecule has 0 bridgehead atoms. The van der Waals surface area contributed by atoms with Gasteiger partial charge in [0.1, 0.15) is 5.82 Å². The summed E-state index contributed by atoms with van der Waals surface area (Å²) in [5.41, 5.74) is 3.52. The molecule has 0 aliphatic carbocycles. The molecule has 2 rings (SSSR count). The van der Waals surface area contributed by atoms with Crippen molar-refractivity contribution in [3.8, 4) is 0 Å². The molecule has 0 aliphatic heterocycles. The first-order valence-corrected chi connectivity index (χ1v) is 8.11. The van der Waals surface area contributed by atoms with Gasteiger partial charge >= 0.3 is 0 Å². The summed E-state index contributed by atoms with van der Waals surface area (Å²) in [6.45, 7) is 6.25. The average molecular weight is 313 g/mol. The van der Waals surface area contributed by atoms with Crippen LogP contribution in [0.4, 0.5) is 17.5 Å². The summed E-state index contributed by atoms with van der Waals surface area (Å²) in [5, 5.41) is 6.66. The second-order valence-corrected chi connectivity index (χ2v) is 6.08. The lowest BCUT2D eigenvalue weighted by Crippen LogP contribution is -2.14. The molecule has 0 unspecified atom stereocenters. The van der Waals surface area contributed by atoms with Gasteiger partial charge in [-0.05, 0) is 70.6 Å². The van der Waals surface area contributed by atoms with Gasteiger partial charge in [-0.3, -0.25) is 0 Å². The van der Waals surface area contributed by atoms with E-state index >= 15 is 0 Å². The molecule has 0 radical (unpaired) electrons. The fourth-order valence-corrected chi connectivity index (χ4v) is 2.29. The van der Waals surface area contributed by atoms with Gasteiger partial charge < -0.3 is 15.5 Å². The number of unbranched alkanes of at least 4 members (excludes halogenated alkanes) is 1. The Bertz CT molecular complexity index is 625. The van der Waals surface area contributed by atoms with Crippen LogP contribution in [0.15, 0.2) is 30.5 Å². The van der Waals surface area contributed by atoms with Crippen LogP contribution in [-0.4, -0.2) is 42.1 Å². The Morgan fingerprint density at radius 2 is 1.91 bits per heavy atom. The van der Waals surface area contributed by atoms with Gasteiger partial charge in [0.05, 0.1) is 0 Å². The predicted molar refractivity (Wildman–Crippen MR) is 97.5 cm³/mol. The molecule has 2 N–H and O–H groups in total. The largest absolute Gasteiger partial charge is 0.370 e. The Balaban J connectivity index is 1.91. The fraction of sp³-hybridized carbons (Fsp3) is 0.444. The number of aromatic nitrogens is 2. The van der Waals surface area contributed by atoms with Gasteiger partial charge in [0, 0.05) is 18.4 Å². The summed E-state index contributed by atoms with van der Waals surface area (Å²) in [7, 11) is 4.20. The molecule has 0 saturated heterocycles. The molecule has 0 atom stereocenters. The molecule has 23 heavy (non-hydrogen) atoms. The van der Waals surface area contributed by atoms with Crippen molar-refractivity contribution in [2.75, 3.05) is 37.8 Å². The van der Waals surface area contributed by atoms with Gasteiger partial charge in [0.25, 0.3) is 0 Å². The second kappa shape index (κ2) is 8.48.